The van der Waals surface area contributed by atoms with Crippen LogP contribution >= 0.6 is 22.6 Å². The molecule has 5 heteroatoms. The topological polar surface area (TPSA) is 49.0 Å². The van der Waals surface area contributed by atoms with E-state index >= 15 is 0 Å². The van der Waals surface area contributed by atoms with E-state index in [1.807, 2.05) is 34.7 Å². The fraction of sp³-hybridized carbons (Fsp3) is 0.167. The molecule has 4 nitrogen and oxygen atoms in total. The minimum atomic E-state index is -0.0834. The van der Waals surface area contributed by atoms with Crippen LogP contribution in [0.5, 0.6) is 0 Å². The lowest BCUT2D eigenvalue weighted by Crippen LogP contribution is -2.21. The van der Waals surface area contributed by atoms with Crippen LogP contribution in [0.3, 0.4) is 0 Å². The normalized spacial score (nSPS) is 13.8. The number of rotatable bonds is 1. The van der Waals surface area contributed by atoms with Crippen molar-refractivity contribution in [3.8, 4) is 0 Å². The maximum atomic E-state index is 11.6. The number of fused-ring (bicyclic) bond motifs is 1. The van der Waals surface area contributed by atoms with Crippen LogP contribution in [0.4, 0.5) is 11.5 Å². The molecule has 17 heavy (non-hydrogen) atoms. The molecule has 0 fully saturated rings. The molecular weight excluding hydrogens is 329 g/mol. The van der Waals surface area contributed by atoms with Gasteiger partial charge in [0.1, 0.15) is 3.57 Å². The highest BCUT2D eigenvalue weighted by atomic mass is 127. The third-order valence-electron chi connectivity index (χ3n) is 2.92. The van der Waals surface area contributed by atoms with Gasteiger partial charge < -0.3 is 9.88 Å². The molecule has 2 heterocycles. The number of aromatic nitrogens is 2. The van der Waals surface area contributed by atoms with Gasteiger partial charge in [0.2, 0.25) is 0 Å². The molecule has 0 spiro atoms. The van der Waals surface area contributed by atoms with Crippen molar-refractivity contribution in [2.45, 2.75) is 6.42 Å². The Bertz CT molecular complexity index is 623. The third-order valence-corrected chi connectivity index (χ3v) is 3.89. The van der Waals surface area contributed by atoms with Crippen LogP contribution in [-0.2, 0) is 6.42 Å². The SMILES string of the molecule is O=c1[nH]cnc(N2CCc3ccccc32)c1I. The first-order chi connectivity index (χ1) is 8.27. The minimum Gasteiger partial charge on any atom is -0.325 e. The molecule has 0 saturated carbocycles. The predicted octanol–water partition coefficient (Wildman–Crippen LogP) is 2.07. The molecule has 1 aliphatic heterocycles. The average Bonchev–Trinajstić information content (AvgIpc) is 2.77. The Hall–Kier alpha value is -1.37. The van der Waals surface area contributed by atoms with E-state index in [1.54, 1.807) is 0 Å². The van der Waals surface area contributed by atoms with Crippen LogP contribution in [0.2, 0.25) is 0 Å². The second kappa shape index (κ2) is 4.14. The standard InChI is InChI=1S/C12H10IN3O/c13-10-11(14-7-15-12(10)17)16-6-5-8-3-1-2-4-9(8)16/h1-4,7H,5-6H2,(H,14,15,17). The van der Waals surface area contributed by atoms with Gasteiger partial charge in [-0.05, 0) is 40.6 Å². The number of aromatic amines is 1. The van der Waals surface area contributed by atoms with Gasteiger partial charge in [-0.25, -0.2) is 4.98 Å². The summed E-state index contributed by atoms with van der Waals surface area (Å²) in [6.07, 6.45) is 2.46. The van der Waals surface area contributed by atoms with E-state index in [0.717, 1.165) is 24.5 Å². The first-order valence-electron chi connectivity index (χ1n) is 5.36. The van der Waals surface area contributed by atoms with Crippen molar-refractivity contribution in [3.63, 3.8) is 0 Å². The van der Waals surface area contributed by atoms with E-state index < -0.39 is 0 Å². The first-order valence-corrected chi connectivity index (χ1v) is 6.44. The average molecular weight is 339 g/mol. The minimum absolute atomic E-state index is 0.0834. The Kier molecular flexibility index (Phi) is 2.62. The zero-order valence-electron chi connectivity index (χ0n) is 8.98. The van der Waals surface area contributed by atoms with E-state index in [-0.39, 0.29) is 5.56 Å². The number of anilines is 2. The first kappa shape index (κ1) is 10.8. The summed E-state index contributed by atoms with van der Waals surface area (Å²) in [6, 6.07) is 8.24. The van der Waals surface area contributed by atoms with Gasteiger partial charge in [-0.2, -0.15) is 0 Å². The Labute approximate surface area is 112 Å². The van der Waals surface area contributed by atoms with Gasteiger partial charge in [-0.3, -0.25) is 4.79 Å². The largest absolute Gasteiger partial charge is 0.325 e. The molecule has 0 bridgehead atoms. The van der Waals surface area contributed by atoms with E-state index in [4.69, 9.17) is 0 Å². The second-order valence-electron chi connectivity index (χ2n) is 3.90. The summed E-state index contributed by atoms with van der Waals surface area (Å²) in [6.45, 7) is 0.881. The monoisotopic (exact) mass is 339 g/mol. The molecular formula is C12H10IN3O. The van der Waals surface area contributed by atoms with Crippen molar-refractivity contribution in [2.75, 3.05) is 11.4 Å². The highest BCUT2D eigenvalue weighted by Crippen LogP contribution is 2.33. The van der Waals surface area contributed by atoms with Gasteiger partial charge in [0.15, 0.2) is 5.82 Å². The Morgan fingerprint density at radius 3 is 3.06 bits per heavy atom. The zero-order valence-corrected chi connectivity index (χ0v) is 11.1. The maximum absolute atomic E-state index is 11.6. The van der Waals surface area contributed by atoms with Gasteiger partial charge in [0, 0.05) is 12.2 Å². The molecule has 0 radical (unpaired) electrons. The van der Waals surface area contributed by atoms with Gasteiger partial charge in [0.05, 0.1) is 6.33 Å². The van der Waals surface area contributed by atoms with Crippen molar-refractivity contribution in [1.82, 2.24) is 9.97 Å². The third kappa shape index (κ3) is 1.74. The lowest BCUT2D eigenvalue weighted by Gasteiger charge is -2.18. The van der Waals surface area contributed by atoms with Gasteiger partial charge >= 0.3 is 0 Å². The summed E-state index contributed by atoms with van der Waals surface area (Å²) in [5.41, 5.74) is 2.38. The van der Waals surface area contributed by atoms with Crippen LogP contribution < -0.4 is 10.5 Å². The van der Waals surface area contributed by atoms with Crippen LogP contribution in [0.1, 0.15) is 5.56 Å². The van der Waals surface area contributed by atoms with E-state index in [2.05, 4.69) is 27.0 Å². The fourth-order valence-corrected chi connectivity index (χ4v) is 2.71. The van der Waals surface area contributed by atoms with Crippen LogP contribution in [0, 0.1) is 3.57 Å². The van der Waals surface area contributed by atoms with Gasteiger partial charge in [-0.15, -0.1) is 0 Å². The lowest BCUT2D eigenvalue weighted by molar-refractivity contribution is 0.950. The number of benzene rings is 1. The second-order valence-corrected chi connectivity index (χ2v) is 4.98. The molecule has 0 saturated heterocycles. The van der Waals surface area contributed by atoms with E-state index in [9.17, 15) is 4.79 Å². The van der Waals surface area contributed by atoms with Crippen molar-refractivity contribution >= 4 is 34.1 Å². The molecule has 1 aromatic carbocycles. The summed E-state index contributed by atoms with van der Waals surface area (Å²) in [4.78, 5) is 20.6. The number of halogens is 1. The van der Waals surface area contributed by atoms with Crippen LogP contribution in [-0.4, -0.2) is 16.5 Å². The highest BCUT2D eigenvalue weighted by molar-refractivity contribution is 14.1. The predicted molar refractivity (Wildman–Crippen MR) is 74.7 cm³/mol. The summed E-state index contributed by atoms with van der Waals surface area (Å²) in [7, 11) is 0. The van der Waals surface area contributed by atoms with Crippen molar-refractivity contribution in [2.24, 2.45) is 0 Å². The summed E-state index contributed by atoms with van der Waals surface area (Å²) in [5, 5.41) is 0. The highest BCUT2D eigenvalue weighted by Gasteiger charge is 2.23. The molecule has 2 aromatic rings. The lowest BCUT2D eigenvalue weighted by atomic mass is 10.2. The number of nitrogens with one attached hydrogen (secondary N) is 1. The van der Waals surface area contributed by atoms with Crippen LogP contribution in [0.25, 0.3) is 0 Å². The van der Waals surface area contributed by atoms with Gasteiger partial charge in [-0.1, -0.05) is 18.2 Å². The molecule has 1 N–H and O–H groups in total. The number of H-pyrrole nitrogens is 1. The molecule has 0 unspecified atom stereocenters. The van der Waals surface area contributed by atoms with E-state index in [0.29, 0.717) is 3.57 Å². The molecule has 0 amide bonds. The summed E-state index contributed by atoms with van der Waals surface area (Å²) >= 11 is 2.05. The maximum Gasteiger partial charge on any atom is 0.266 e. The fourth-order valence-electron chi connectivity index (χ4n) is 2.12. The zero-order chi connectivity index (χ0) is 11.8. The number of hydrogen-bond donors (Lipinski definition) is 1. The van der Waals surface area contributed by atoms with Crippen molar-refractivity contribution in [3.05, 3.63) is 50.1 Å². The molecule has 86 valence electrons. The van der Waals surface area contributed by atoms with Gasteiger partial charge in [0.25, 0.3) is 5.56 Å². The van der Waals surface area contributed by atoms with Crippen LogP contribution in [0.15, 0.2) is 35.4 Å². The molecule has 1 aliphatic rings. The molecule has 3 rings (SSSR count). The van der Waals surface area contributed by atoms with Crippen molar-refractivity contribution in [1.29, 1.82) is 0 Å². The molecule has 0 aliphatic carbocycles. The number of para-hydroxylation sites is 1. The quantitative estimate of drug-likeness (QED) is 0.810. The molecule has 0 atom stereocenters. The van der Waals surface area contributed by atoms with E-state index in [1.165, 1.54) is 11.9 Å². The summed E-state index contributed by atoms with van der Waals surface area (Å²) < 4.78 is 0.641. The smallest absolute Gasteiger partial charge is 0.266 e. The number of nitrogens with zero attached hydrogens (tertiary/aromatic N) is 2. The number of hydrogen-bond acceptors (Lipinski definition) is 3. The Morgan fingerprint density at radius 2 is 2.18 bits per heavy atom. The Balaban J connectivity index is 2.13. The molecule has 1 aromatic heterocycles. The van der Waals surface area contributed by atoms with Crippen molar-refractivity contribution < 1.29 is 0 Å². The Morgan fingerprint density at radius 1 is 1.35 bits per heavy atom. The summed E-state index contributed by atoms with van der Waals surface area (Å²) in [5.74, 6) is 0.749.